The van der Waals surface area contributed by atoms with Crippen LogP contribution in [0.2, 0.25) is 0 Å². The summed E-state index contributed by atoms with van der Waals surface area (Å²) in [6, 6.07) is 3.03. The third-order valence-electron chi connectivity index (χ3n) is 6.07. The number of phenolic OH excluding ortho intramolecular Hbond substituents is 1. The van der Waals surface area contributed by atoms with Crippen LogP contribution in [0, 0.1) is 0 Å². The van der Waals surface area contributed by atoms with Gasteiger partial charge in [-0.1, -0.05) is 12.2 Å². The van der Waals surface area contributed by atoms with E-state index in [4.69, 9.17) is 14.2 Å². The van der Waals surface area contributed by atoms with E-state index in [-0.39, 0.29) is 28.5 Å². The van der Waals surface area contributed by atoms with Gasteiger partial charge in [0, 0.05) is 19.0 Å². The van der Waals surface area contributed by atoms with Gasteiger partial charge in [-0.2, -0.15) is 0 Å². The van der Waals surface area contributed by atoms with E-state index >= 15 is 0 Å². The first-order valence-electron chi connectivity index (χ1n) is 9.79. The standard InChI is InChI=1S/C21H24N2O9/c1-23-11(8-10-4-6-13(30-2)16(31-3)15(10)25)18(27)22-21(19(23)28)9-20(29)14(32-21)7-5-12(24)17(20)26/h4-8,12,14,17,24-26,29H,9H2,1-3H3,(H,22,27)/t12-,14+,17+,20+,21-/m1/s1. The summed E-state index contributed by atoms with van der Waals surface area (Å²) >= 11 is 0. The summed E-state index contributed by atoms with van der Waals surface area (Å²) in [5, 5.41) is 44.1. The second-order valence-corrected chi connectivity index (χ2v) is 7.94. The van der Waals surface area contributed by atoms with Crippen LogP contribution in [0.25, 0.3) is 6.08 Å². The lowest BCUT2D eigenvalue weighted by atomic mass is 9.79. The van der Waals surface area contributed by atoms with E-state index in [1.807, 2.05) is 0 Å². The Kier molecular flexibility index (Phi) is 5.17. The quantitative estimate of drug-likeness (QED) is 0.284. The number of aliphatic hydroxyl groups excluding tert-OH is 2. The molecule has 2 saturated heterocycles. The molecule has 32 heavy (non-hydrogen) atoms. The lowest BCUT2D eigenvalue weighted by Gasteiger charge is -2.39. The summed E-state index contributed by atoms with van der Waals surface area (Å²) in [6.07, 6.45) is -0.619. The first-order valence-corrected chi connectivity index (χ1v) is 9.79. The number of piperazine rings is 1. The van der Waals surface area contributed by atoms with Crippen LogP contribution in [-0.4, -0.2) is 88.0 Å². The Balaban J connectivity index is 1.68. The molecule has 0 bridgehead atoms. The summed E-state index contributed by atoms with van der Waals surface area (Å²) < 4.78 is 16.0. The number of hydrogen-bond acceptors (Lipinski definition) is 9. The predicted octanol–water partition coefficient (Wildman–Crippen LogP) is -1.15. The maximum Gasteiger partial charge on any atom is 0.280 e. The Morgan fingerprint density at radius 3 is 2.59 bits per heavy atom. The van der Waals surface area contributed by atoms with E-state index in [2.05, 4.69) is 5.32 Å². The highest BCUT2D eigenvalue weighted by atomic mass is 16.6. The third kappa shape index (κ3) is 3.05. The number of carbonyl (C=O) groups excluding carboxylic acids is 2. The van der Waals surface area contributed by atoms with Crippen molar-refractivity contribution in [1.82, 2.24) is 10.2 Å². The van der Waals surface area contributed by atoms with Crippen molar-refractivity contribution in [3.05, 3.63) is 35.5 Å². The molecule has 1 spiro atoms. The third-order valence-corrected chi connectivity index (χ3v) is 6.07. The lowest BCUT2D eigenvalue weighted by Crippen LogP contribution is -2.65. The van der Waals surface area contributed by atoms with Crippen molar-refractivity contribution in [2.45, 2.75) is 36.1 Å². The smallest absolute Gasteiger partial charge is 0.280 e. The fourth-order valence-corrected chi connectivity index (χ4v) is 4.34. The maximum atomic E-state index is 13.2. The highest BCUT2D eigenvalue weighted by molar-refractivity contribution is 6.08. The van der Waals surface area contributed by atoms with Gasteiger partial charge in [0.1, 0.15) is 29.6 Å². The first-order chi connectivity index (χ1) is 15.1. The number of hydrogen-bond donors (Lipinski definition) is 5. The van der Waals surface area contributed by atoms with Crippen LogP contribution in [0.3, 0.4) is 0 Å². The molecule has 1 aromatic rings. The van der Waals surface area contributed by atoms with Crippen molar-refractivity contribution < 1.29 is 44.2 Å². The summed E-state index contributed by atoms with van der Waals surface area (Å²) in [4.78, 5) is 27.2. The van der Waals surface area contributed by atoms with Crippen molar-refractivity contribution in [2.24, 2.45) is 0 Å². The molecule has 5 N–H and O–H groups in total. The van der Waals surface area contributed by atoms with E-state index < -0.39 is 47.9 Å². The first kappa shape index (κ1) is 22.1. The van der Waals surface area contributed by atoms with Gasteiger partial charge in [-0.3, -0.25) is 9.59 Å². The molecule has 0 saturated carbocycles. The minimum atomic E-state index is -1.97. The lowest BCUT2D eigenvalue weighted by molar-refractivity contribution is -0.168. The number of aliphatic hydroxyl groups is 3. The van der Waals surface area contributed by atoms with Gasteiger partial charge in [0.25, 0.3) is 11.8 Å². The Morgan fingerprint density at radius 2 is 1.94 bits per heavy atom. The van der Waals surface area contributed by atoms with Gasteiger partial charge in [0.15, 0.2) is 11.5 Å². The van der Waals surface area contributed by atoms with E-state index in [0.29, 0.717) is 0 Å². The highest BCUT2D eigenvalue weighted by Crippen LogP contribution is 2.45. The number of nitrogens with zero attached hydrogens (tertiary/aromatic N) is 1. The molecule has 0 unspecified atom stereocenters. The number of phenols is 1. The maximum absolute atomic E-state index is 13.2. The SMILES string of the molecule is COc1ccc(C=C2C(=O)N[C@@]3(C[C@]4(O)[C@H](C=C[C@@H](O)[C@@H]4O)O3)C(=O)N2C)c(O)c1OC. The predicted molar refractivity (Wildman–Crippen MR) is 108 cm³/mol. The largest absolute Gasteiger partial charge is 0.504 e. The average Bonchev–Trinajstić information content (AvgIpc) is 3.07. The van der Waals surface area contributed by atoms with E-state index in [1.54, 1.807) is 0 Å². The van der Waals surface area contributed by atoms with Crippen LogP contribution in [0.1, 0.15) is 12.0 Å². The number of likely N-dealkylation sites (N-methyl/N-ethyl adjacent to an activating group) is 1. The molecule has 3 aliphatic rings. The average molecular weight is 448 g/mol. The molecule has 2 fully saturated rings. The summed E-state index contributed by atoms with van der Waals surface area (Å²) in [7, 11) is 4.11. The molecule has 2 heterocycles. The van der Waals surface area contributed by atoms with Gasteiger partial charge >= 0.3 is 0 Å². The number of ether oxygens (including phenoxy) is 3. The van der Waals surface area contributed by atoms with Crippen molar-refractivity contribution in [1.29, 1.82) is 0 Å². The number of aromatic hydroxyl groups is 1. The number of benzene rings is 1. The summed E-state index contributed by atoms with van der Waals surface area (Å²) in [5.74, 6) is -1.34. The second kappa shape index (κ2) is 7.48. The molecule has 172 valence electrons. The zero-order chi connectivity index (χ0) is 23.4. The Morgan fingerprint density at radius 1 is 1.22 bits per heavy atom. The molecule has 1 aromatic carbocycles. The number of rotatable bonds is 3. The van der Waals surface area contributed by atoms with E-state index in [0.717, 1.165) is 4.90 Å². The Bertz CT molecular complexity index is 1040. The zero-order valence-electron chi connectivity index (χ0n) is 17.6. The van der Waals surface area contributed by atoms with Crippen molar-refractivity contribution >= 4 is 17.9 Å². The number of nitrogens with one attached hydrogen (secondary N) is 1. The number of methoxy groups -OCH3 is 2. The zero-order valence-corrected chi connectivity index (χ0v) is 17.6. The van der Waals surface area contributed by atoms with Gasteiger partial charge in [0.05, 0.1) is 14.2 Å². The Labute approximate surface area is 183 Å². The van der Waals surface area contributed by atoms with Gasteiger partial charge in [-0.25, -0.2) is 0 Å². The van der Waals surface area contributed by atoms with Crippen LogP contribution in [0.15, 0.2) is 30.0 Å². The molecular weight excluding hydrogens is 424 g/mol. The monoisotopic (exact) mass is 448 g/mol. The fraction of sp³-hybridized carbons (Fsp3) is 0.429. The second-order valence-electron chi connectivity index (χ2n) is 7.94. The highest BCUT2D eigenvalue weighted by Gasteiger charge is 2.66. The molecule has 2 aliphatic heterocycles. The molecule has 2 amide bonds. The van der Waals surface area contributed by atoms with Crippen molar-refractivity contribution in [3.63, 3.8) is 0 Å². The molecule has 0 radical (unpaired) electrons. The molecule has 11 heteroatoms. The topological polar surface area (TPSA) is 158 Å². The minimum Gasteiger partial charge on any atom is -0.504 e. The van der Waals surface area contributed by atoms with E-state index in [9.17, 15) is 30.0 Å². The number of amides is 2. The minimum absolute atomic E-state index is 0.0632. The van der Waals surface area contributed by atoms with Gasteiger partial charge in [0.2, 0.25) is 11.5 Å². The van der Waals surface area contributed by atoms with E-state index in [1.165, 1.54) is 51.6 Å². The van der Waals surface area contributed by atoms with Gasteiger partial charge in [-0.15, -0.1) is 0 Å². The molecule has 4 rings (SSSR count). The summed E-state index contributed by atoms with van der Waals surface area (Å²) in [5.41, 5.74) is -3.80. The van der Waals surface area contributed by atoms with Crippen LogP contribution in [-0.2, 0) is 14.3 Å². The number of carbonyl (C=O) groups is 2. The number of fused-ring (bicyclic) bond motifs is 1. The van der Waals surface area contributed by atoms with Crippen LogP contribution in [0.4, 0.5) is 0 Å². The molecule has 0 aromatic heterocycles. The molecular formula is C21H24N2O9. The molecule has 1 aliphatic carbocycles. The molecule has 11 nitrogen and oxygen atoms in total. The summed E-state index contributed by atoms with van der Waals surface area (Å²) in [6.45, 7) is 0. The van der Waals surface area contributed by atoms with Crippen LogP contribution >= 0.6 is 0 Å². The van der Waals surface area contributed by atoms with Crippen molar-refractivity contribution in [2.75, 3.05) is 21.3 Å². The van der Waals surface area contributed by atoms with Crippen molar-refractivity contribution in [3.8, 4) is 17.2 Å². The van der Waals surface area contributed by atoms with Gasteiger partial charge in [-0.05, 0) is 18.2 Å². The van der Waals surface area contributed by atoms with Crippen LogP contribution < -0.4 is 14.8 Å². The fourth-order valence-electron chi connectivity index (χ4n) is 4.34. The Hall–Kier alpha value is -3.12. The normalized spacial score (nSPS) is 35.2. The van der Waals surface area contributed by atoms with Crippen LogP contribution in [0.5, 0.6) is 17.2 Å². The molecule has 5 atom stereocenters. The van der Waals surface area contributed by atoms with Gasteiger partial charge < -0.3 is 44.9 Å².